The second kappa shape index (κ2) is 8.32. The Bertz CT molecular complexity index is 923. The summed E-state index contributed by atoms with van der Waals surface area (Å²) in [6, 6.07) is 9.53. The van der Waals surface area contributed by atoms with E-state index >= 15 is 0 Å². The predicted octanol–water partition coefficient (Wildman–Crippen LogP) is 4.44. The number of nitrogens with zero attached hydrogens (tertiary/aromatic N) is 4. The van der Waals surface area contributed by atoms with Crippen LogP contribution in [0.4, 0.5) is 5.69 Å². The number of aryl methyl sites for hydroxylation is 1. The number of benzene rings is 1. The molecular formula is C17H15Br2N5OS. The van der Waals surface area contributed by atoms with Crippen molar-refractivity contribution in [2.75, 3.05) is 11.1 Å². The number of hydrogen-bond acceptors (Lipinski definition) is 5. The summed E-state index contributed by atoms with van der Waals surface area (Å²) < 4.78 is 3.50. The zero-order chi connectivity index (χ0) is 18.7. The van der Waals surface area contributed by atoms with Crippen molar-refractivity contribution in [1.29, 1.82) is 0 Å². The number of carbonyl (C=O) groups is 1. The molecule has 2 heterocycles. The van der Waals surface area contributed by atoms with Gasteiger partial charge in [-0.3, -0.25) is 9.78 Å². The van der Waals surface area contributed by atoms with Gasteiger partial charge in [0.2, 0.25) is 5.91 Å². The fourth-order valence-corrected chi connectivity index (χ4v) is 4.61. The quantitative estimate of drug-likeness (QED) is 0.528. The maximum Gasteiger partial charge on any atom is 0.234 e. The average molecular weight is 497 g/mol. The molecule has 26 heavy (non-hydrogen) atoms. The summed E-state index contributed by atoms with van der Waals surface area (Å²) >= 11 is 8.28. The van der Waals surface area contributed by atoms with E-state index < -0.39 is 0 Å². The smallest absolute Gasteiger partial charge is 0.234 e. The van der Waals surface area contributed by atoms with Gasteiger partial charge in [0.25, 0.3) is 0 Å². The highest BCUT2D eigenvalue weighted by atomic mass is 79.9. The molecule has 1 aromatic carbocycles. The van der Waals surface area contributed by atoms with E-state index in [1.165, 1.54) is 11.8 Å². The number of pyridine rings is 1. The highest BCUT2D eigenvalue weighted by molar-refractivity contribution is 9.11. The summed E-state index contributed by atoms with van der Waals surface area (Å²) in [4.78, 5) is 16.6. The van der Waals surface area contributed by atoms with Crippen LogP contribution in [0.15, 0.2) is 50.6 Å². The average Bonchev–Trinajstić information content (AvgIpc) is 2.98. The number of anilines is 1. The van der Waals surface area contributed by atoms with Gasteiger partial charge in [-0.2, -0.15) is 0 Å². The number of amides is 1. The van der Waals surface area contributed by atoms with E-state index in [2.05, 4.69) is 52.4 Å². The molecule has 0 aliphatic rings. The first-order chi connectivity index (χ1) is 12.5. The van der Waals surface area contributed by atoms with Crippen molar-refractivity contribution < 1.29 is 4.79 Å². The molecule has 3 rings (SSSR count). The highest BCUT2D eigenvalue weighted by Crippen LogP contribution is 2.32. The zero-order valence-corrected chi connectivity index (χ0v) is 18.0. The van der Waals surface area contributed by atoms with Gasteiger partial charge in [0.05, 0.1) is 11.4 Å². The number of carbonyl (C=O) groups excluding carboxylic acids is 1. The molecule has 0 unspecified atom stereocenters. The van der Waals surface area contributed by atoms with E-state index in [-0.39, 0.29) is 11.7 Å². The van der Waals surface area contributed by atoms with Gasteiger partial charge < -0.3 is 9.88 Å². The largest absolute Gasteiger partial charge is 0.323 e. The van der Waals surface area contributed by atoms with E-state index in [1.807, 2.05) is 48.9 Å². The molecule has 0 bridgehead atoms. The van der Waals surface area contributed by atoms with Crippen LogP contribution >= 0.6 is 43.6 Å². The number of halogens is 2. The van der Waals surface area contributed by atoms with Crippen LogP contribution in [-0.4, -0.2) is 31.4 Å². The Morgan fingerprint density at radius 3 is 2.62 bits per heavy atom. The van der Waals surface area contributed by atoms with Gasteiger partial charge in [-0.25, -0.2) is 0 Å². The van der Waals surface area contributed by atoms with Gasteiger partial charge in [0.15, 0.2) is 11.0 Å². The second-order valence-electron chi connectivity index (χ2n) is 5.52. The molecular weight excluding hydrogens is 482 g/mol. The minimum absolute atomic E-state index is 0.123. The van der Waals surface area contributed by atoms with Gasteiger partial charge in [-0.1, -0.05) is 17.8 Å². The van der Waals surface area contributed by atoms with Crippen molar-refractivity contribution in [2.24, 2.45) is 7.05 Å². The van der Waals surface area contributed by atoms with E-state index in [0.717, 1.165) is 20.2 Å². The maximum atomic E-state index is 12.3. The lowest BCUT2D eigenvalue weighted by atomic mass is 10.2. The van der Waals surface area contributed by atoms with Crippen LogP contribution in [0.2, 0.25) is 0 Å². The Kier molecular flexibility index (Phi) is 6.10. The van der Waals surface area contributed by atoms with Crippen molar-refractivity contribution in [2.45, 2.75) is 12.1 Å². The van der Waals surface area contributed by atoms with Crippen LogP contribution in [0.1, 0.15) is 5.56 Å². The number of thioether (sulfide) groups is 1. The summed E-state index contributed by atoms with van der Waals surface area (Å²) in [5, 5.41) is 11.9. The maximum absolute atomic E-state index is 12.3. The first kappa shape index (κ1) is 19.1. The standard InChI is InChI=1S/C17H15Br2N5OS/c1-10-7-11(18)15(12(19)8-10)21-14(25)9-26-17-23-22-16(24(17)2)13-5-3-4-6-20-13/h3-8H,9H2,1-2H3,(H,21,25). The molecule has 0 atom stereocenters. The van der Waals surface area contributed by atoms with E-state index in [4.69, 9.17) is 0 Å². The lowest BCUT2D eigenvalue weighted by Gasteiger charge is -2.10. The molecule has 0 spiro atoms. The molecule has 1 N–H and O–H groups in total. The van der Waals surface area contributed by atoms with Crippen LogP contribution < -0.4 is 5.32 Å². The predicted molar refractivity (Wildman–Crippen MR) is 110 cm³/mol. The molecule has 134 valence electrons. The van der Waals surface area contributed by atoms with Crippen LogP contribution in [0.3, 0.4) is 0 Å². The molecule has 3 aromatic rings. The summed E-state index contributed by atoms with van der Waals surface area (Å²) in [6.45, 7) is 1.99. The monoisotopic (exact) mass is 495 g/mol. The number of rotatable bonds is 5. The van der Waals surface area contributed by atoms with Crippen molar-refractivity contribution >= 4 is 55.2 Å². The topological polar surface area (TPSA) is 72.7 Å². The molecule has 6 nitrogen and oxygen atoms in total. The van der Waals surface area contributed by atoms with Crippen LogP contribution in [-0.2, 0) is 11.8 Å². The fraction of sp³-hybridized carbons (Fsp3) is 0.176. The molecule has 9 heteroatoms. The van der Waals surface area contributed by atoms with Crippen molar-refractivity contribution in [3.8, 4) is 11.5 Å². The molecule has 2 aromatic heterocycles. The molecule has 0 radical (unpaired) electrons. The first-order valence-corrected chi connectivity index (χ1v) is 10.2. The van der Waals surface area contributed by atoms with E-state index in [9.17, 15) is 4.79 Å². The minimum Gasteiger partial charge on any atom is -0.323 e. The zero-order valence-electron chi connectivity index (χ0n) is 14.0. The molecule has 1 amide bonds. The van der Waals surface area contributed by atoms with E-state index in [1.54, 1.807) is 6.20 Å². The molecule has 0 fully saturated rings. The minimum atomic E-state index is -0.123. The third kappa shape index (κ3) is 4.33. The molecule has 0 aliphatic carbocycles. The summed E-state index contributed by atoms with van der Waals surface area (Å²) in [7, 11) is 1.86. The van der Waals surface area contributed by atoms with Gasteiger partial charge >= 0.3 is 0 Å². The Morgan fingerprint density at radius 2 is 1.96 bits per heavy atom. The highest BCUT2D eigenvalue weighted by Gasteiger charge is 2.15. The van der Waals surface area contributed by atoms with Crippen LogP contribution in [0, 0.1) is 6.92 Å². The SMILES string of the molecule is Cc1cc(Br)c(NC(=O)CSc2nnc(-c3ccccn3)n2C)c(Br)c1. The molecule has 0 saturated carbocycles. The van der Waals surface area contributed by atoms with Gasteiger partial charge in [-0.15, -0.1) is 10.2 Å². The van der Waals surface area contributed by atoms with Gasteiger partial charge in [0.1, 0.15) is 5.69 Å². The lowest BCUT2D eigenvalue weighted by molar-refractivity contribution is -0.113. The Morgan fingerprint density at radius 1 is 1.23 bits per heavy atom. The number of nitrogens with one attached hydrogen (secondary N) is 1. The summed E-state index contributed by atoms with van der Waals surface area (Å²) in [6.07, 6.45) is 1.71. The fourth-order valence-electron chi connectivity index (χ4n) is 2.28. The Hall–Kier alpha value is -1.71. The number of aromatic nitrogens is 4. The normalized spacial score (nSPS) is 10.8. The molecule has 0 aliphatic heterocycles. The second-order valence-corrected chi connectivity index (χ2v) is 8.17. The van der Waals surface area contributed by atoms with Crippen LogP contribution in [0.5, 0.6) is 0 Å². The third-order valence-corrected chi connectivity index (χ3v) is 5.78. The summed E-state index contributed by atoms with van der Waals surface area (Å²) in [5.74, 6) is 0.765. The van der Waals surface area contributed by atoms with Crippen molar-refractivity contribution in [3.05, 3.63) is 51.0 Å². The van der Waals surface area contributed by atoms with E-state index in [0.29, 0.717) is 16.7 Å². The van der Waals surface area contributed by atoms with Crippen molar-refractivity contribution in [3.63, 3.8) is 0 Å². The van der Waals surface area contributed by atoms with Gasteiger partial charge in [0, 0.05) is 22.2 Å². The summed E-state index contributed by atoms with van der Waals surface area (Å²) in [5.41, 5.74) is 2.55. The lowest BCUT2D eigenvalue weighted by Crippen LogP contribution is -2.15. The molecule has 0 saturated heterocycles. The van der Waals surface area contributed by atoms with Crippen molar-refractivity contribution in [1.82, 2.24) is 19.7 Å². The number of hydrogen-bond donors (Lipinski definition) is 1. The first-order valence-electron chi connectivity index (χ1n) is 7.65. The van der Waals surface area contributed by atoms with Gasteiger partial charge in [-0.05, 0) is 68.6 Å². The third-order valence-electron chi connectivity index (χ3n) is 3.51. The Labute approximate surface area is 172 Å². The Balaban J connectivity index is 1.67. The van der Waals surface area contributed by atoms with Crippen LogP contribution in [0.25, 0.3) is 11.5 Å².